The molecule has 0 N–H and O–H groups in total. The van der Waals surface area contributed by atoms with Crippen molar-refractivity contribution in [1.29, 1.82) is 0 Å². The maximum absolute atomic E-state index is 12.1. The van der Waals surface area contributed by atoms with Crippen LogP contribution >= 0.6 is 0 Å². The fourth-order valence-electron chi connectivity index (χ4n) is 2.22. The third-order valence-electron chi connectivity index (χ3n) is 3.70. The fourth-order valence-corrected chi connectivity index (χ4v) is 2.22. The molecule has 0 spiro atoms. The van der Waals surface area contributed by atoms with Crippen LogP contribution in [-0.2, 0) is 23.1 Å². The molecule has 0 aliphatic carbocycles. The number of likely N-dealkylation sites (N-methyl/N-ethyl adjacent to an activating group) is 1. The van der Waals surface area contributed by atoms with Gasteiger partial charge in [0.05, 0.1) is 11.1 Å². The topological polar surface area (TPSA) is 94.7 Å². The van der Waals surface area contributed by atoms with Crippen LogP contribution < -0.4 is 0 Å². The van der Waals surface area contributed by atoms with Gasteiger partial charge < -0.3 is 14.2 Å². The number of nitro groups is 1. The summed E-state index contributed by atoms with van der Waals surface area (Å²) in [5.74, 6) is -1.15. The normalized spacial score (nSPS) is 10.4. The molecule has 1 aromatic heterocycles. The molecule has 0 aliphatic heterocycles. The second-order valence-corrected chi connectivity index (χ2v) is 5.76. The summed E-state index contributed by atoms with van der Waals surface area (Å²) < 4.78 is 6.26. The van der Waals surface area contributed by atoms with E-state index in [1.807, 2.05) is 31.2 Å². The molecule has 8 nitrogen and oxygen atoms in total. The van der Waals surface area contributed by atoms with Crippen molar-refractivity contribution in [2.24, 2.45) is 7.05 Å². The van der Waals surface area contributed by atoms with Crippen molar-refractivity contribution in [2.75, 3.05) is 13.7 Å². The number of esters is 1. The van der Waals surface area contributed by atoms with Crippen molar-refractivity contribution >= 4 is 17.6 Å². The summed E-state index contributed by atoms with van der Waals surface area (Å²) in [6.45, 7) is 1.94. The van der Waals surface area contributed by atoms with Crippen LogP contribution in [0, 0.1) is 17.0 Å². The van der Waals surface area contributed by atoms with Gasteiger partial charge in [-0.15, -0.1) is 0 Å². The van der Waals surface area contributed by atoms with Crippen LogP contribution in [0.3, 0.4) is 0 Å². The molecule has 0 fully saturated rings. The molecule has 0 unspecified atom stereocenters. The van der Waals surface area contributed by atoms with Crippen LogP contribution in [-0.4, -0.2) is 39.9 Å². The minimum absolute atomic E-state index is 0.0145. The molecular formula is C17H19N3O5. The molecule has 0 saturated carbocycles. The molecule has 2 aromatic rings. The first-order valence-electron chi connectivity index (χ1n) is 7.55. The average molecular weight is 345 g/mol. The maximum Gasteiger partial charge on any atom is 0.355 e. The summed E-state index contributed by atoms with van der Waals surface area (Å²) >= 11 is 0. The molecule has 132 valence electrons. The van der Waals surface area contributed by atoms with Gasteiger partial charge in [-0.05, 0) is 12.5 Å². The van der Waals surface area contributed by atoms with Crippen LogP contribution in [0.2, 0.25) is 0 Å². The van der Waals surface area contributed by atoms with E-state index in [1.165, 1.54) is 22.7 Å². The lowest BCUT2D eigenvalue weighted by Crippen LogP contribution is -2.31. The third-order valence-corrected chi connectivity index (χ3v) is 3.70. The summed E-state index contributed by atoms with van der Waals surface area (Å²) in [5.41, 5.74) is 1.90. The van der Waals surface area contributed by atoms with Gasteiger partial charge in [-0.3, -0.25) is 14.9 Å². The monoisotopic (exact) mass is 345 g/mol. The van der Waals surface area contributed by atoms with E-state index in [9.17, 15) is 19.7 Å². The summed E-state index contributed by atoms with van der Waals surface area (Å²) in [4.78, 5) is 35.6. The number of aromatic nitrogens is 1. The molecule has 0 atom stereocenters. The summed E-state index contributed by atoms with van der Waals surface area (Å²) in [6, 6.07) is 8.87. The SMILES string of the molecule is Cc1ccc(CN(C)C(=O)COC(=O)c2cc([N+](=O)[O-])cn2C)cc1. The van der Waals surface area contributed by atoms with Crippen LogP contribution in [0.4, 0.5) is 5.69 Å². The van der Waals surface area contributed by atoms with Gasteiger partial charge in [0.15, 0.2) is 6.61 Å². The Balaban J connectivity index is 1.91. The Hall–Kier alpha value is -3.16. The van der Waals surface area contributed by atoms with Gasteiger partial charge in [-0.1, -0.05) is 29.8 Å². The number of aryl methyl sites for hydroxylation is 2. The Morgan fingerprint density at radius 2 is 1.92 bits per heavy atom. The van der Waals surface area contributed by atoms with Gasteiger partial charge >= 0.3 is 5.97 Å². The number of hydrogen-bond acceptors (Lipinski definition) is 5. The van der Waals surface area contributed by atoms with E-state index in [0.29, 0.717) is 6.54 Å². The van der Waals surface area contributed by atoms with Gasteiger partial charge in [0.2, 0.25) is 0 Å². The molecule has 1 heterocycles. The Morgan fingerprint density at radius 1 is 1.28 bits per heavy atom. The van der Waals surface area contributed by atoms with E-state index in [-0.39, 0.29) is 17.3 Å². The largest absolute Gasteiger partial charge is 0.451 e. The Kier molecular flexibility index (Phi) is 5.53. The Bertz CT molecular complexity index is 795. The van der Waals surface area contributed by atoms with Crippen LogP contribution in [0.5, 0.6) is 0 Å². The predicted molar refractivity (Wildman–Crippen MR) is 90.0 cm³/mol. The minimum atomic E-state index is -0.785. The molecule has 1 aromatic carbocycles. The van der Waals surface area contributed by atoms with Gasteiger partial charge in [0, 0.05) is 26.7 Å². The molecule has 1 amide bonds. The molecule has 0 radical (unpaired) electrons. The smallest absolute Gasteiger partial charge is 0.355 e. The number of benzene rings is 1. The number of amides is 1. The maximum atomic E-state index is 12.1. The predicted octanol–water partition coefficient (Wildman–Crippen LogP) is 2.06. The molecule has 8 heteroatoms. The second kappa shape index (κ2) is 7.61. The molecule has 0 aliphatic rings. The van der Waals surface area contributed by atoms with E-state index >= 15 is 0 Å². The lowest BCUT2D eigenvalue weighted by molar-refractivity contribution is -0.384. The number of ether oxygens (including phenoxy) is 1. The first-order valence-corrected chi connectivity index (χ1v) is 7.55. The van der Waals surface area contributed by atoms with Crippen molar-refractivity contribution in [3.05, 3.63) is 63.5 Å². The average Bonchev–Trinajstić information content (AvgIpc) is 2.96. The highest BCUT2D eigenvalue weighted by Crippen LogP contribution is 2.16. The number of carbonyl (C=O) groups is 2. The van der Waals surface area contributed by atoms with Gasteiger partial charge in [-0.2, -0.15) is 0 Å². The van der Waals surface area contributed by atoms with E-state index in [2.05, 4.69) is 0 Å². The fraction of sp³-hybridized carbons (Fsp3) is 0.294. The highest BCUT2D eigenvalue weighted by Gasteiger charge is 2.20. The van der Waals surface area contributed by atoms with E-state index in [1.54, 1.807) is 7.05 Å². The Morgan fingerprint density at radius 3 is 2.48 bits per heavy atom. The van der Waals surface area contributed by atoms with Crippen LogP contribution in [0.15, 0.2) is 36.5 Å². The van der Waals surface area contributed by atoms with Crippen molar-refractivity contribution in [1.82, 2.24) is 9.47 Å². The summed E-state index contributed by atoms with van der Waals surface area (Å²) in [5, 5.41) is 10.7. The zero-order valence-electron chi connectivity index (χ0n) is 14.3. The second-order valence-electron chi connectivity index (χ2n) is 5.76. The van der Waals surface area contributed by atoms with Crippen LogP contribution in [0.25, 0.3) is 0 Å². The molecule has 25 heavy (non-hydrogen) atoms. The third kappa shape index (κ3) is 4.66. The van der Waals surface area contributed by atoms with Gasteiger partial charge in [0.25, 0.3) is 11.6 Å². The van der Waals surface area contributed by atoms with Gasteiger partial charge in [-0.25, -0.2) is 4.79 Å². The number of hydrogen-bond donors (Lipinski definition) is 0. The van der Waals surface area contributed by atoms with Crippen molar-refractivity contribution in [2.45, 2.75) is 13.5 Å². The van der Waals surface area contributed by atoms with Crippen molar-refractivity contribution in [3.63, 3.8) is 0 Å². The number of rotatable bonds is 6. The molecule has 2 rings (SSSR count). The van der Waals surface area contributed by atoms with Crippen LogP contribution in [0.1, 0.15) is 21.6 Å². The van der Waals surface area contributed by atoms with Crippen molar-refractivity contribution in [3.8, 4) is 0 Å². The number of nitrogens with zero attached hydrogens (tertiary/aromatic N) is 3. The quantitative estimate of drug-likeness (QED) is 0.454. The van der Waals surface area contributed by atoms with E-state index in [4.69, 9.17) is 4.74 Å². The standard InChI is InChI=1S/C17H19N3O5/c1-12-4-6-13(7-5-12)9-19(3)16(21)11-25-17(22)15-8-14(20(23)24)10-18(15)2/h4-8,10H,9,11H2,1-3H3. The zero-order valence-corrected chi connectivity index (χ0v) is 14.3. The van der Waals surface area contributed by atoms with Crippen molar-refractivity contribution < 1.29 is 19.2 Å². The molecule has 0 saturated heterocycles. The first kappa shape index (κ1) is 18.2. The van der Waals surface area contributed by atoms with Gasteiger partial charge in [0.1, 0.15) is 5.69 Å². The zero-order chi connectivity index (χ0) is 18.6. The lowest BCUT2D eigenvalue weighted by Gasteiger charge is -2.17. The molecular weight excluding hydrogens is 326 g/mol. The van der Waals surface area contributed by atoms with E-state index < -0.39 is 17.5 Å². The highest BCUT2D eigenvalue weighted by molar-refractivity contribution is 5.90. The summed E-state index contributed by atoms with van der Waals surface area (Å²) in [6.07, 6.45) is 1.21. The number of carbonyl (C=O) groups excluding carboxylic acids is 2. The summed E-state index contributed by atoms with van der Waals surface area (Å²) in [7, 11) is 3.11. The molecule has 0 bridgehead atoms. The minimum Gasteiger partial charge on any atom is -0.451 e. The highest BCUT2D eigenvalue weighted by atomic mass is 16.6. The lowest BCUT2D eigenvalue weighted by atomic mass is 10.1. The van der Waals surface area contributed by atoms with E-state index in [0.717, 1.165) is 17.2 Å². The Labute approximate surface area is 144 Å². The first-order chi connectivity index (χ1) is 11.8.